The number of benzene rings is 21. The third-order valence-corrected chi connectivity index (χ3v) is 29.9. The Hall–Kier alpha value is -17.4. The van der Waals surface area contributed by atoms with Crippen LogP contribution in [0.3, 0.4) is 0 Å². The van der Waals surface area contributed by atoms with E-state index in [1.807, 2.05) is 0 Å². The molecule has 2 aliphatic heterocycles. The third-order valence-electron chi connectivity index (χ3n) is 29.9. The predicted molar refractivity (Wildman–Crippen MR) is 564 cm³/mol. The summed E-state index contributed by atoms with van der Waals surface area (Å²) in [6, 6.07) is 186. The molecule has 0 radical (unpaired) electrons. The van der Waals surface area contributed by atoms with E-state index < -0.39 is 10.8 Å². The molecule has 3 aliphatic carbocycles. The molecule has 0 N–H and O–H groups in total. The summed E-state index contributed by atoms with van der Waals surface area (Å²) in [5, 5.41) is 2.07. The molecule has 1 aromatic heterocycles. The molecule has 0 saturated heterocycles. The lowest BCUT2D eigenvalue weighted by Crippen LogP contribution is -2.36. The van der Waals surface area contributed by atoms with Crippen LogP contribution in [0, 0.1) is 0 Å². The number of fused-ring (bicyclic) bond motifs is 24. The minimum absolute atomic E-state index is 0.252. The van der Waals surface area contributed by atoms with E-state index in [2.05, 4.69) is 531 Å². The molecule has 638 valence electrons. The molecule has 22 aromatic rings. The van der Waals surface area contributed by atoms with Gasteiger partial charge in [-0.15, -0.1) is 0 Å². The van der Waals surface area contributed by atoms with Crippen LogP contribution in [-0.4, -0.2) is 0 Å². The first-order valence-corrected chi connectivity index (χ1v) is 47.3. The zero-order chi connectivity index (χ0) is 89.9. The van der Waals surface area contributed by atoms with Gasteiger partial charge in [0.1, 0.15) is 11.2 Å². The number of rotatable bonds is 14. The number of nitrogens with zero attached hydrogens (tertiary/aromatic N) is 4. The summed E-state index contributed by atoms with van der Waals surface area (Å²) in [6.45, 7) is 4.79. The zero-order valence-electron chi connectivity index (χ0n) is 75.0. The molecule has 3 heterocycles. The molecule has 5 nitrogen and oxygen atoms in total. The molecule has 136 heavy (non-hydrogen) atoms. The Morgan fingerprint density at radius 2 is 0.507 bits per heavy atom. The predicted octanol–water partition coefficient (Wildman–Crippen LogP) is 35.1. The Labute approximate surface area is 792 Å². The largest absolute Gasteiger partial charge is 0.455 e. The van der Waals surface area contributed by atoms with Crippen molar-refractivity contribution < 1.29 is 4.42 Å². The van der Waals surface area contributed by atoms with E-state index in [0.717, 1.165) is 140 Å². The summed E-state index contributed by atoms with van der Waals surface area (Å²) in [4.78, 5) is 10.2. The van der Waals surface area contributed by atoms with Gasteiger partial charge in [0, 0.05) is 72.2 Å². The lowest BCUT2D eigenvalue weighted by atomic mass is 9.64. The topological polar surface area (TPSA) is 26.1 Å². The summed E-state index contributed by atoms with van der Waals surface area (Å²) in [5.41, 5.74) is 46.0. The average Bonchev–Trinajstić information content (AvgIpc) is 1.54. The van der Waals surface area contributed by atoms with Crippen molar-refractivity contribution in [3.8, 4) is 100 Å². The second-order valence-electron chi connectivity index (χ2n) is 37.0. The monoisotopic (exact) mass is 1730 g/mol. The van der Waals surface area contributed by atoms with Gasteiger partial charge in [-0.3, -0.25) is 0 Å². The summed E-state index contributed by atoms with van der Waals surface area (Å²) in [6.07, 6.45) is 0. The van der Waals surface area contributed by atoms with E-state index >= 15 is 0 Å². The van der Waals surface area contributed by atoms with Gasteiger partial charge in [0.15, 0.2) is 0 Å². The molecule has 2 spiro atoms. The summed E-state index contributed by atoms with van der Waals surface area (Å²) in [5.74, 6) is 0. The van der Waals surface area contributed by atoms with Gasteiger partial charge in [-0.1, -0.05) is 420 Å². The number of anilines is 12. The van der Waals surface area contributed by atoms with Crippen LogP contribution < -0.4 is 19.6 Å². The van der Waals surface area contributed by atoms with Gasteiger partial charge < -0.3 is 24.0 Å². The maximum Gasteiger partial charge on any atom is 0.143 e. The minimum atomic E-state index is -0.767. The Morgan fingerprint density at radius 3 is 1.01 bits per heavy atom. The Bertz CT molecular complexity index is 8540. The first-order valence-electron chi connectivity index (χ1n) is 47.3. The van der Waals surface area contributed by atoms with E-state index in [0.29, 0.717) is 0 Å². The molecule has 0 unspecified atom stereocenters. The van der Waals surface area contributed by atoms with E-state index in [9.17, 15) is 0 Å². The van der Waals surface area contributed by atoms with Crippen molar-refractivity contribution in [2.75, 3.05) is 19.6 Å². The summed E-state index contributed by atoms with van der Waals surface area (Å²) < 4.78 is 7.80. The van der Waals surface area contributed by atoms with Crippen molar-refractivity contribution in [3.05, 3.63) is 553 Å². The van der Waals surface area contributed by atoms with Crippen LogP contribution in [0.5, 0.6) is 0 Å². The molecule has 0 fully saturated rings. The maximum absolute atomic E-state index is 7.80. The van der Waals surface area contributed by atoms with Crippen molar-refractivity contribution >= 4 is 90.2 Å². The van der Waals surface area contributed by atoms with E-state index in [-0.39, 0.29) is 5.41 Å². The third kappa shape index (κ3) is 11.4. The number of para-hydroxylation sites is 10. The van der Waals surface area contributed by atoms with Gasteiger partial charge >= 0.3 is 0 Å². The zero-order valence-corrected chi connectivity index (χ0v) is 75.0. The second-order valence-corrected chi connectivity index (χ2v) is 37.0. The molecule has 5 heteroatoms. The number of hydrogen-bond donors (Lipinski definition) is 0. The maximum atomic E-state index is 7.80. The van der Waals surface area contributed by atoms with Gasteiger partial charge in [0.25, 0.3) is 0 Å². The molecular weight excluding hydrogens is 1650 g/mol. The molecule has 27 rings (SSSR count). The molecule has 0 amide bonds. The Kier molecular flexibility index (Phi) is 17.8. The molecule has 0 bridgehead atoms. The molecule has 5 aliphatic rings. The normalized spacial score (nSPS) is 13.7. The smallest absolute Gasteiger partial charge is 0.143 e. The van der Waals surface area contributed by atoms with Crippen LogP contribution in [-0.2, 0) is 16.2 Å². The highest BCUT2D eigenvalue weighted by molar-refractivity contribution is 6.16. The fraction of sp³-hybridized carbons (Fsp3) is 0.0382. The van der Waals surface area contributed by atoms with Crippen LogP contribution in [0.15, 0.2) is 502 Å². The Morgan fingerprint density at radius 1 is 0.191 bits per heavy atom. The van der Waals surface area contributed by atoms with Crippen molar-refractivity contribution in [1.29, 1.82) is 0 Å². The van der Waals surface area contributed by atoms with Crippen LogP contribution in [0.2, 0.25) is 0 Å². The van der Waals surface area contributed by atoms with E-state index in [4.69, 9.17) is 4.42 Å². The van der Waals surface area contributed by atoms with Crippen molar-refractivity contribution in [2.24, 2.45) is 0 Å². The molecule has 21 aromatic carbocycles. The van der Waals surface area contributed by atoms with Gasteiger partial charge in [0.2, 0.25) is 0 Å². The SMILES string of the molecule is CC1(C)c2ccccc2-c2ccc(N(c3ccccc3-c3ccccc3-c3ccccc3)c3cccc4c3-c3ccccc3C43c4ccccc4N(c4cccc(-c5cccc6c5oc5c(-c7ccccc7N(c7ccccc7-c7ccccc7-c7ccccc7)c7cccc8c7-c7ccccc7C87c8ccccc8N(c8ccccc8)c8ccccc87)cccc56)c4)c4ccccc43)cc21. The summed E-state index contributed by atoms with van der Waals surface area (Å²) >= 11 is 0. The highest BCUT2D eigenvalue weighted by atomic mass is 16.3. The Balaban J connectivity index is 0.615. The fourth-order valence-electron chi connectivity index (χ4n) is 24.3. The standard InChI is InChI=1S/C131H88N4O/c1-129(2)106-63-22-16-53-96(106)97-82-81-90(84-115(97)129)133(116-72-29-19-54-98(116)94-51-14-12-49-91(94)85-41-6-3-7-42-85)123-79-39-70-113-125(123)104-57-17-23-64-107(104)131(113)111-68-27-34-77-121(111)134(122-78-35-28-69-112(122)131)89-48-36-45-87(83-89)93-59-37-61-102-103-62-38-60-101(128(103)136-127(93)102)100-56-21-31-74-118(100)135(117-73-30-20-55-99(117)95-52-15-13-50-92(95)86-43-8-4-9-44-86)124-80-40-71-114-126(124)105-58-18-24-65-108(105)130(114)109-66-25-32-75-119(109)132(88-46-10-5-11-47-88)120-76-33-26-67-110(120)130/h3-84H,1-2H3. The molecular formula is C131H88N4O. The van der Waals surface area contributed by atoms with Gasteiger partial charge in [-0.05, 0) is 208 Å². The molecule has 0 atom stereocenters. The highest BCUT2D eigenvalue weighted by Crippen LogP contribution is 2.69. The lowest BCUT2D eigenvalue weighted by molar-refractivity contribution is 0.660. The lowest BCUT2D eigenvalue weighted by Gasteiger charge is -2.45. The van der Waals surface area contributed by atoms with Gasteiger partial charge in [-0.25, -0.2) is 0 Å². The average molecular weight is 1730 g/mol. The van der Waals surface area contributed by atoms with Gasteiger partial charge in [-0.2, -0.15) is 0 Å². The van der Waals surface area contributed by atoms with Crippen LogP contribution in [0.4, 0.5) is 68.2 Å². The first kappa shape index (κ1) is 78.5. The second kappa shape index (κ2) is 30.9. The molecule has 0 saturated carbocycles. The van der Waals surface area contributed by atoms with Crippen LogP contribution >= 0.6 is 0 Å². The van der Waals surface area contributed by atoms with E-state index in [1.165, 1.54) is 106 Å². The summed E-state index contributed by atoms with van der Waals surface area (Å²) in [7, 11) is 0. The number of furan rings is 1. The quantitative estimate of drug-likeness (QED) is 0.108. The highest BCUT2D eigenvalue weighted by Gasteiger charge is 2.55. The van der Waals surface area contributed by atoms with Gasteiger partial charge in [0.05, 0.1) is 62.0 Å². The van der Waals surface area contributed by atoms with E-state index in [1.54, 1.807) is 0 Å². The van der Waals surface area contributed by atoms with Crippen molar-refractivity contribution in [1.82, 2.24) is 0 Å². The number of hydrogen-bond acceptors (Lipinski definition) is 5. The van der Waals surface area contributed by atoms with Crippen LogP contribution in [0.25, 0.3) is 122 Å². The first-order chi connectivity index (χ1) is 67.3. The van der Waals surface area contributed by atoms with Crippen molar-refractivity contribution in [2.45, 2.75) is 30.1 Å². The van der Waals surface area contributed by atoms with Crippen LogP contribution in [0.1, 0.15) is 69.5 Å². The minimum Gasteiger partial charge on any atom is -0.455 e. The van der Waals surface area contributed by atoms with Crippen molar-refractivity contribution in [3.63, 3.8) is 0 Å². The fourth-order valence-corrected chi connectivity index (χ4v) is 24.3.